The van der Waals surface area contributed by atoms with Crippen LogP contribution in [-0.2, 0) is 36.8 Å². The number of hydrogen-bond acceptors (Lipinski definition) is 7. The highest BCUT2D eigenvalue weighted by Crippen LogP contribution is 2.07. The van der Waals surface area contributed by atoms with Gasteiger partial charge in [0.15, 0.2) is 0 Å². The van der Waals surface area contributed by atoms with Crippen LogP contribution in [0.25, 0.3) is 0 Å². The molecule has 4 atom stereocenters. The minimum Gasteiger partial charge on any atom is -0.481 e. The molecule has 0 fully saturated rings. The predicted octanol–water partition coefficient (Wildman–Crippen LogP) is -0.805. The molecule has 0 saturated carbocycles. The average Bonchev–Trinajstić information content (AvgIpc) is 2.89. The molecule has 0 aliphatic carbocycles. The number of aliphatic hydroxyl groups is 1. The Kier molecular flexibility index (Phi) is 11.9. The summed E-state index contributed by atoms with van der Waals surface area (Å²) < 4.78 is 0. The lowest BCUT2D eigenvalue weighted by Crippen LogP contribution is -2.58. The molecule has 0 saturated heterocycles. The van der Waals surface area contributed by atoms with Crippen LogP contribution in [-0.4, -0.2) is 75.8 Å². The van der Waals surface area contributed by atoms with Crippen LogP contribution in [0.2, 0.25) is 0 Å². The fraction of sp³-hybridized carbons (Fsp3) is 0.346. The fourth-order valence-corrected chi connectivity index (χ4v) is 3.56. The van der Waals surface area contributed by atoms with E-state index in [0.717, 1.165) is 5.56 Å². The van der Waals surface area contributed by atoms with Gasteiger partial charge in [-0.05, 0) is 24.0 Å². The van der Waals surface area contributed by atoms with E-state index in [1.54, 1.807) is 54.6 Å². The molecule has 0 aromatic heterocycles. The second-order valence-electron chi connectivity index (χ2n) is 8.62. The number of carboxylic acid groups (broad SMARTS) is 2. The third-order valence-electron chi connectivity index (χ3n) is 5.63. The molecule has 0 heterocycles. The number of amides is 3. The Hall–Kier alpha value is -4.29. The lowest BCUT2D eigenvalue weighted by molar-refractivity contribution is -0.143. The summed E-state index contributed by atoms with van der Waals surface area (Å²) in [6.45, 7) is -0.786. The third kappa shape index (κ3) is 9.99. The fourth-order valence-electron chi connectivity index (χ4n) is 3.56. The third-order valence-corrected chi connectivity index (χ3v) is 5.63. The van der Waals surface area contributed by atoms with Crippen LogP contribution in [0, 0.1) is 0 Å². The van der Waals surface area contributed by atoms with Gasteiger partial charge in [0.1, 0.15) is 18.1 Å². The Morgan fingerprint density at radius 3 is 1.66 bits per heavy atom. The molecule has 38 heavy (non-hydrogen) atoms. The van der Waals surface area contributed by atoms with Crippen LogP contribution in [0.4, 0.5) is 0 Å². The number of nitrogens with one attached hydrogen (secondary N) is 3. The SMILES string of the molecule is NC(Cc1ccccc1)C(=O)NC(CO)C(=O)NC(Cc1ccccc1)C(=O)NC(CCC(=O)O)C(=O)O. The van der Waals surface area contributed by atoms with Crippen LogP contribution < -0.4 is 21.7 Å². The van der Waals surface area contributed by atoms with Crippen LogP contribution in [0.1, 0.15) is 24.0 Å². The van der Waals surface area contributed by atoms with Gasteiger partial charge in [-0.2, -0.15) is 0 Å². The first-order valence-electron chi connectivity index (χ1n) is 11.9. The number of hydrogen-bond donors (Lipinski definition) is 7. The van der Waals surface area contributed by atoms with Gasteiger partial charge in [-0.15, -0.1) is 0 Å². The molecule has 12 heteroatoms. The molecule has 8 N–H and O–H groups in total. The summed E-state index contributed by atoms with van der Waals surface area (Å²) in [5, 5.41) is 35.1. The summed E-state index contributed by atoms with van der Waals surface area (Å²) in [5.41, 5.74) is 7.39. The van der Waals surface area contributed by atoms with E-state index in [1.165, 1.54) is 0 Å². The Morgan fingerprint density at radius 2 is 1.16 bits per heavy atom. The number of carbonyl (C=O) groups excluding carboxylic acids is 3. The van der Waals surface area contributed by atoms with Crippen molar-refractivity contribution in [2.45, 2.75) is 49.9 Å². The zero-order valence-electron chi connectivity index (χ0n) is 20.6. The summed E-state index contributed by atoms with van der Waals surface area (Å²) in [6, 6.07) is 12.3. The minimum absolute atomic E-state index is 0.0384. The van der Waals surface area contributed by atoms with Gasteiger partial charge in [0.25, 0.3) is 0 Å². The van der Waals surface area contributed by atoms with E-state index in [1.807, 2.05) is 6.07 Å². The van der Waals surface area contributed by atoms with Gasteiger partial charge in [-0.3, -0.25) is 19.2 Å². The van der Waals surface area contributed by atoms with Gasteiger partial charge in [0.2, 0.25) is 17.7 Å². The van der Waals surface area contributed by atoms with E-state index in [-0.39, 0.29) is 19.3 Å². The maximum atomic E-state index is 13.0. The summed E-state index contributed by atoms with van der Waals surface area (Å²) in [6.07, 6.45) is -0.701. The van der Waals surface area contributed by atoms with Crippen molar-refractivity contribution in [1.82, 2.24) is 16.0 Å². The van der Waals surface area contributed by atoms with Crippen LogP contribution in [0.15, 0.2) is 60.7 Å². The lowest BCUT2D eigenvalue weighted by Gasteiger charge is -2.24. The summed E-state index contributed by atoms with van der Waals surface area (Å²) in [7, 11) is 0. The maximum Gasteiger partial charge on any atom is 0.326 e. The molecular weight excluding hydrogens is 496 g/mol. The number of benzene rings is 2. The maximum absolute atomic E-state index is 13.0. The van der Waals surface area contributed by atoms with Crippen LogP contribution in [0.5, 0.6) is 0 Å². The Bertz CT molecular complexity index is 1100. The molecule has 2 rings (SSSR count). The van der Waals surface area contributed by atoms with Gasteiger partial charge >= 0.3 is 11.9 Å². The largest absolute Gasteiger partial charge is 0.481 e. The van der Waals surface area contributed by atoms with Gasteiger partial charge < -0.3 is 37.0 Å². The average molecular weight is 529 g/mol. The molecular formula is C26H32N4O8. The van der Waals surface area contributed by atoms with Gasteiger partial charge in [-0.1, -0.05) is 60.7 Å². The highest BCUT2D eigenvalue weighted by molar-refractivity contribution is 5.94. The van der Waals surface area contributed by atoms with E-state index >= 15 is 0 Å². The summed E-state index contributed by atoms with van der Waals surface area (Å²) >= 11 is 0. The molecule has 0 bridgehead atoms. The predicted molar refractivity (Wildman–Crippen MR) is 136 cm³/mol. The Balaban J connectivity index is 2.12. The second kappa shape index (κ2) is 15.1. The van der Waals surface area contributed by atoms with Crippen molar-refractivity contribution in [3.63, 3.8) is 0 Å². The molecule has 0 spiro atoms. The Morgan fingerprint density at radius 1 is 0.684 bits per heavy atom. The van der Waals surface area contributed by atoms with Crippen LogP contribution >= 0.6 is 0 Å². The second-order valence-corrected chi connectivity index (χ2v) is 8.62. The molecule has 2 aromatic carbocycles. The molecule has 2 aromatic rings. The highest BCUT2D eigenvalue weighted by Gasteiger charge is 2.30. The normalized spacial score (nSPS) is 13.8. The minimum atomic E-state index is -1.50. The first kappa shape index (κ1) is 29.9. The monoisotopic (exact) mass is 528 g/mol. The number of rotatable bonds is 15. The molecule has 0 radical (unpaired) electrons. The molecule has 204 valence electrons. The smallest absolute Gasteiger partial charge is 0.326 e. The van der Waals surface area contributed by atoms with E-state index in [0.29, 0.717) is 5.56 Å². The van der Waals surface area contributed by atoms with Crippen molar-refractivity contribution >= 4 is 29.7 Å². The van der Waals surface area contributed by atoms with Crippen molar-refractivity contribution in [3.8, 4) is 0 Å². The highest BCUT2D eigenvalue weighted by atomic mass is 16.4. The quantitative estimate of drug-likeness (QED) is 0.154. The summed E-state index contributed by atoms with van der Waals surface area (Å²) in [4.78, 5) is 60.9. The van der Waals surface area contributed by atoms with E-state index in [2.05, 4.69) is 16.0 Å². The van der Waals surface area contributed by atoms with Gasteiger partial charge in [0.05, 0.1) is 12.6 Å². The number of carboxylic acids is 2. The molecule has 4 unspecified atom stereocenters. The zero-order valence-corrected chi connectivity index (χ0v) is 20.6. The first-order valence-corrected chi connectivity index (χ1v) is 11.9. The van der Waals surface area contributed by atoms with Crippen LogP contribution in [0.3, 0.4) is 0 Å². The zero-order chi connectivity index (χ0) is 28.1. The van der Waals surface area contributed by atoms with E-state index in [9.17, 15) is 34.2 Å². The van der Waals surface area contributed by atoms with Crippen molar-refractivity contribution in [1.29, 1.82) is 0 Å². The number of carbonyl (C=O) groups is 5. The lowest BCUT2D eigenvalue weighted by atomic mass is 10.0. The van der Waals surface area contributed by atoms with Crippen molar-refractivity contribution in [2.24, 2.45) is 5.73 Å². The van der Waals surface area contributed by atoms with Gasteiger partial charge in [0, 0.05) is 12.8 Å². The number of aliphatic carboxylic acids is 2. The van der Waals surface area contributed by atoms with Crippen molar-refractivity contribution in [2.75, 3.05) is 6.61 Å². The van der Waals surface area contributed by atoms with Crippen molar-refractivity contribution in [3.05, 3.63) is 71.8 Å². The first-order chi connectivity index (χ1) is 18.1. The van der Waals surface area contributed by atoms with E-state index in [4.69, 9.17) is 10.8 Å². The molecule has 0 aliphatic heterocycles. The van der Waals surface area contributed by atoms with E-state index < -0.39 is 66.9 Å². The molecule has 0 aliphatic rings. The van der Waals surface area contributed by atoms with Gasteiger partial charge in [-0.25, -0.2) is 4.79 Å². The number of nitrogens with two attached hydrogens (primary N) is 1. The molecule has 3 amide bonds. The topological polar surface area (TPSA) is 208 Å². The Labute approximate surface area is 219 Å². The summed E-state index contributed by atoms with van der Waals surface area (Å²) in [5.74, 6) is -5.11. The standard InChI is InChI=1S/C26H32N4O8/c27-18(13-16-7-3-1-4-8-16)23(34)30-21(15-31)25(36)29-20(14-17-9-5-2-6-10-17)24(35)28-19(26(37)38)11-12-22(32)33/h1-10,18-21,31H,11-15,27H2,(H,28,35)(H,29,36)(H,30,34)(H,32,33)(H,37,38). The number of aliphatic hydroxyl groups excluding tert-OH is 1. The van der Waals surface area contributed by atoms with Crippen molar-refractivity contribution < 1.29 is 39.3 Å². The molecule has 12 nitrogen and oxygen atoms in total.